The lowest BCUT2D eigenvalue weighted by molar-refractivity contribution is 0.372. The van der Waals surface area contributed by atoms with Crippen LogP contribution in [0.25, 0.3) is 0 Å². The molecule has 1 heterocycles. The maximum Gasteiger partial charge on any atom is 0.0638 e. The Morgan fingerprint density at radius 1 is 1.22 bits per heavy atom. The summed E-state index contributed by atoms with van der Waals surface area (Å²) < 4.78 is 2.11. The van der Waals surface area contributed by atoms with Gasteiger partial charge in [-0.3, -0.25) is 4.68 Å². The third-order valence-corrected chi connectivity index (χ3v) is 3.12. The van der Waals surface area contributed by atoms with Crippen LogP contribution >= 0.6 is 0 Å². The zero-order valence-corrected chi connectivity index (χ0v) is 12.8. The Balaban J connectivity index is 2.55. The van der Waals surface area contributed by atoms with E-state index in [9.17, 15) is 0 Å². The highest BCUT2D eigenvalue weighted by Gasteiger charge is 2.09. The van der Waals surface area contributed by atoms with Gasteiger partial charge in [0, 0.05) is 30.9 Å². The SMILES string of the molecule is Cc1nn(CC(C)CC(C)C)cc1CNC(C)C. The fourth-order valence-corrected chi connectivity index (χ4v) is 2.34. The van der Waals surface area contributed by atoms with Crippen molar-refractivity contribution in [3.63, 3.8) is 0 Å². The molecule has 3 nitrogen and oxygen atoms in total. The number of aromatic nitrogens is 2. The maximum atomic E-state index is 4.61. The summed E-state index contributed by atoms with van der Waals surface area (Å²) in [6.45, 7) is 15.3. The normalized spacial score (nSPS) is 13.6. The second-order valence-electron chi connectivity index (χ2n) is 6.23. The maximum absolute atomic E-state index is 4.61. The molecular formula is C15H29N3. The third kappa shape index (κ3) is 5.21. The monoisotopic (exact) mass is 251 g/mol. The molecule has 1 atom stereocenters. The minimum atomic E-state index is 0.521. The van der Waals surface area contributed by atoms with Crippen LogP contribution in [-0.4, -0.2) is 15.8 Å². The highest BCUT2D eigenvalue weighted by molar-refractivity contribution is 5.15. The highest BCUT2D eigenvalue weighted by atomic mass is 15.3. The molecule has 1 aromatic rings. The van der Waals surface area contributed by atoms with Crippen LogP contribution in [0.1, 0.15) is 52.3 Å². The smallest absolute Gasteiger partial charge is 0.0638 e. The van der Waals surface area contributed by atoms with Crippen LogP contribution in [-0.2, 0) is 13.1 Å². The minimum Gasteiger partial charge on any atom is -0.310 e. The van der Waals surface area contributed by atoms with Crippen LogP contribution in [0, 0.1) is 18.8 Å². The molecule has 0 amide bonds. The summed E-state index contributed by atoms with van der Waals surface area (Å²) in [6.07, 6.45) is 3.46. The van der Waals surface area contributed by atoms with E-state index in [0.29, 0.717) is 12.0 Å². The van der Waals surface area contributed by atoms with Crippen LogP contribution in [0.15, 0.2) is 6.20 Å². The summed E-state index contributed by atoms with van der Waals surface area (Å²) in [4.78, 5) is 0. The second kappa shape index (κ2) is 6.93. The Labute approximate surface area is 112 Å². The molecule has 0 spiro atoms. The topological polar surface area (TPSA) is 29.9 Å². The Kier molecular flexibility index (Phi) is 5.86. The molecule has 0 saturated heterocycles. The first-order chi connectivity index (χ1) is 8.38. The van der Waals surface area contributed by atoms with Gasteiger partial charge in [-0.25, -0.2) is 0 Å². The van der Waals surface area contributed by atoms with E-state index in [2.05, 4.69) is 62.8 Å². The number of rotatable bonds is 7. The van der Waals surface area contributed by atoms with E-state index in [1.165, 1.54) is 12.0 Å². The average molecular weight is 251 g/mol. The zero-order valence-electron chi connectivity index (χ0n) is 12.8. The first kappa shape index (κ1) is 15.2. The molecule has 1 unspecified atom stereocenters. The fourth-order valence-electron chi connectivity index (χ4n) is 2.34. The van der Waals surface area contributed by atoms with Gasteiger partial charge >= 0.3 is 0 Å². The molecule has 0 aliphatic rings. The molecule has 0 bridgehead atoms. The molecule has 18 heavy (non-hydrogen) atoms. The third-order valence-electron chi connectivity index (χ3n) is 3.12. The molecule has 0 radical (unpaired) electrons. The number of aryl methyl sites for hydroxylation is 1. The van der Waals surface area contributed by atoms with E-state index in [1.54, 1.807) is 0 Å². The van der Waals surface area contributed by atoms with Crippen molar-refractivity contribution >= 4 is 0 Å². The van der Waals surface area contributed by atoms with E-state index < -0.39 is 0 Å². The van der Waals surface area contributed by atoms with Crippen molar-refractivity contribution in [2.75, 3.05) is 0 Å². The van der Waals surface area contributed by atoms with Crippen molar-refractivity contribution in [3.8, 4) is 0 Å². The summed E-state index contributed by atoms with van der Waals surface area (Å²) in [6, 6.07) is 0.521. The molecule has 0 aliphatic heterocycles. The molecule has 1 N–H and O–H groups in total. The van der Waals surface area contributed by atoms with E-state index in [0.717, 1.165) is 24.7 Å². The first-order valence-electron chi connectivity index (χ1n) is 7.14. The predicted octanol–water partition coefficient (Wildman–Crippen LogP) is 3.37. The molecule has 0 aliphatic carbocycles. The summed E-state index contributed by atoms with van der Waals surface area (Å²) in [7, 11) is 0. The lowest BCUT2D eigenvalue weighted by Gasteiger charge is -2.13. The van der Waals surface area contributed by atoms with Crippen LogP contribution in [0.3, 0.4) is 0 Å². The van der Waals surface area contributed by atoms with Gasteiger partial charge in [-0.1, -0.05) is 34.6 Å². The molecule has 3 heteroatoms. The Bertz CT molecular complexity index is 353. The van der Waals surface area contributed by atoms with Crippen molar-refractivity contribution in [1.82, 2.24) is 15.1 Å². The summed E-state index contributed by atoms with van der Waals surface area (Å²) >= 11 is 0. The zero-order chi connectivity index (χ0) is 13.7. The summed E-state index contributed by atoms with van der Waals surface area (Å²) in [5.41, 5.74) is 2.47. The van der Waals surface area contributed by atoms with Gasteiger partial charge in [0.25, 0.3) is 0 Å². The number of hydrogen-bond donors (Lipinski definition) is 1. The fraction of sp³-hybridized carbons (Fsp3) is 0.800. The van der Waals surface area contributed by atoms with Crippen molar-refractivity contribution in [1.29, 1.82) is 0 Å². The van der Waals surface area contributed by atoms with E-state index in [1.807, 2.05) is 0 Å². The van der Waals surface area contributed by atoms with Gasteiger partial charge in [-0.15, -0.1) is 0 Å². The minimum absolute atomic E-state index is 0.521. The number of nitrogens with one attached hydrogen (secondary N) is 1. The van der Waals surface area contributed by atoms with Crippen LogP contribution in [0.2, 0.25) is 0 Å². The van der Waals surface area contributed by atoms with Gasteiger partial charge < -0.3 is 5.32 Å². The van der Waals surface area contributed by atoms with Crippen molar-refractivity contribution in [3.05, 3.63) is 17.5 Å². The molecule has 104 valence electrons. The van der Waals surface area contributed by atoms with Gasteiger partial charge in [0.2, 0.25) is 0 Å². The van der Waals surface area contributed by atoms with Crippen LogP contribution < -0.4 is 5.32 Å². The van der Waals surface area contributed by atoms with E-state index in [4.69, 9.17) is 0 Å². The van der Waals surface area contributed by atoms with Crippen molar-refractivity contribution in [2.45, 2.75) is 67.1 Å². The van der Waals surface area contributed by atoms with Crippen LogP contribution in [0.5, 0.6) is 0 Å². The van der Waals surface area contributed by atoms with Gasteiger partial charge in [-0.2, -0.15) is 5.10 Å². The van der Waals surface area contributed by atoms with Crippen molar-refractivity contribution < 1.29 is 0 Å². The van der Waals surface area contributed by atoms with E-state index >= 15 is 0 Å². The molecule has 0 saturated carbocycles. The number of nitrogens with zero attached hydrogens (tertiary/aromatic N) is 2. The lowest BCUT2D eigenvalue weighted by Crippen LogP contribution is -2.21. The molecular weight excluding hydrogens is 222 g/mol. The van der Waals surface area contributed by atoms with Crippen molar-refractivity contribution in [2.24, 2.45) is 11.8 Å². The first-order valence-corrected chi connectivity index (χ1v) is 7.14. The summed E-state index contributed by atoms with van der Waals surface area (Å²) in [5.74, 6) is 1.45. The lowest BCUT2D eigenvalue weighted by atomic mass is 9.99. The molecule has 1 rings (SSSR count). The van der Waals surface area contributed by atoms with Gasteiger partial charge in [0.05, 0.1) is 5.69 Å². The Hall–Kier alpha value is -0.830. The Morgan fingerprint density at radius 2 is 1.89 bits per heavy atom. The largest absolute Gasteiger partial charge is 0.310 e. The highest BCUT2D eigenvalue weighted by Crippen LogP contribution is 2.14. The average Bonchev–Trinajstić information content (AvgIpc) is 2.54. The molecule has 0 fully saturated rings. The van der Waals surface area contributed by atoms with Gasteiger partial charge in [0.15, 0.2) is 0 Å². The predicted molar refractivity (Wildman–Crippen MR) is 77.6 cm³/mol. The quantitative estimate of drug-likeness (QED) is 0.805. The van der Waals surface area contributed by atoms with Crippen LogP contribution in [0.4, 0.5) is 0 Å². The molecule has 0 aromatic carbocycles. The standard InChI is InChI=1S/C15H29N3/c1-11(2)7-13(5)9-18-10-15(14(6)17-18)8-16-12(3)4/h10-13,16H,7-9H2,1-6H3. The Morgan fingerprint density at radius 3 is 2.44 bits per heavy atom. The van der Waals surface area contributed by atoms with Gasteiger partial charge in [0.1, 0.15) is 0 Å². The number of hydrogen-bond acceptors (Lipinski definition) is 2. The van der Waals surface area contributed by atoms with Gasteiger partial charge in [-0.05, 0) is 25.2 Å². The molecule has 1 aromatic heterocycles. The van der Waals surface area contributed by atoms with E-state index in [-0.39, 0.29) is 0 Å². The summed E-state index contributed by atoms with van der Waals surface area (Å²) in [5, 5.41) is 8.06. The second-order valence-corrected chi connectivity index (χ2v) is 6.23.